The molecule has 1 saturated carbocycles. The van der Waals surface area contributed by atoms with Gasteiger partial charge in [0.2, 0.25) is 0 Å². The van der Waals surface area contributed by atoms with Gasteiger partial charge in [0.1, 0.15) is 0 Å². The van der Waals surface area contributed by atoms with E-state index in [-0.39, 0.29) is 10.8 Å². The minimum absolute atomic E-state index is 0.0400. The van der Waals surface area contributed by atoms with Crippen LogP contribution in [-0.4, -0.2) is 18.2 Å². The van der Waals surface area contributed by atoms with Gasteiger partial charge in [-0.15, -0.1) is 0 Å². The van der Waals surface area contributed by atoms with E-state index in [0.717, 1.165) is 19.3 Å². The maximum absolute atomic E-state index is 13.9. The summed E-state index contributed by atoms with van der Waals surface area (Å²) in [5.74, 6) is -1.56. The molecule has 1 aromatic carbocycles. The molecule has 2 rings (SSSR count). The lowest BCUT2D eigenvalue weighted by Gasteiger charge is -2.33. The number of carboxylic acid groups (broad SMARTS) is 1. The van der Waals surface area contributed by atoms with E-state index in [1.54, 1.807) is 0 Å². The lowest BCUT2D eigenvalue weighted by atomic mass is 9.69. The van der Waals surface area contributed by atoms with Crippen LogP contribution in [0.15, 0.2) is 12.1 Å². The predicted octanol–water partition coefficient (Wildman–Crippen LogP) is 3.77. The van der Waals surface area contributed by atoms with Gasteiger partial charge in [-0.2, -0.15) is 0 Å². The number of rotatable bonds is 3. The van der Waals surface area contributed by atoms with Crippen LogP contribution in [-0.2, 0) is 10.2 Å². The third kappa shape index (κ3) is 2.41. The van der Waals surface area contributed by atoms with Gasteiger partial charge in [-0.05, 0) is 30.5 Å². The molecule has 3 nitrogen and oxygen atoms in total. The van der Waals surface area contributed by atoms with E-state index in [1.807, 2.05) is 0 Å². The normalized spacial score (nSPS) is 18.1. The van der Waals surface area contributed by atoms with Crippen LogP contribution >= 0.6 is 11.6 Å². The van der Waals surface area contributed by atoms with Crippen LogP contribution in [0.2, 0.25) is 5.02 Å². The second-order valence-electron chi connectivity index (χ2n) is 4.92. The van der Waals surface area contributed by atoms with E-state index < -0.39 is 17.2 Å². The summed E-state index contributed by atoms with van der Waals surface area (Å²) in [6, 6.07) is 2.76. The Balaban J connectivity index is 2.51. The lowest BCUT2D eigenvalue weighted by molar-refractivity contribution is -0.145. The molecule has 0 saturated heterocycles. The van der Waals surface area contributed by atoms with Gasteiger partial charge < -0.3 is 9.84 Å². The fourth-order valence-electron chi connectivity index (χ4n) is 2.81. The Hall–Kier alpha value is -1.29. The number of aliphatic carboxylic acids is 1. The van der Waals surface area contributed by atoms with Gasteiger partial charge in [0.25, 0.3) is 0 Å². The first-order valence-electron chi connectivity index (χ1n) is 6.28. The monoisotopic (exact) mass is 286 g/mol. The molecule has 0 aliphatic heterocycles. The SMILES string of the molecule is COc1c(F)cc(C2(C(=O)O)CCCCC2)cc1Cl. The van der Waals surface area contributed by atoms with Gasteiger partial charge >= 0.3 is 5.97 Å². The standard InChI is InChI=1S/C14H16ClFO3/c1-19-12-10(15)7-9(8-11(12)16)14(13(17)18)5-3-2-4-6-14/h7-8H,2-6H2,1H3,(H,17,18). The molecule has 0 atom stereocenters. The maximum Gasteiger partial charge on any atom is 0.314 e. The molecule has 0 amide bonds. The highest BCUT2D eigenvalue weighted by Crippen LogP contribution is 2.42. The summed E-state index contributed by atoms with van der Waals surface area (Å²) in [5.41, 5.74) is -0.586. The van der Waals surface area contributed by atoms with E-state index in [4.69, 9.17) is 16.3 Å². The summed E-state index contributed by atoms with van der Waals surface area (Å²) in [7, 11) is 1.33. The molecule has 1 aromatic rings. The largest absolute Gasteiger partial charge is 0.492 e. The summed E-state index contributed by atoms with van der Waals surface area (Å²) in [6.07, 6.45) is 3.71. The Labute approximate surface area is 116 Å². The van der Waals surface area contributed by atoms with Gasteiger partial charge in [0, 0.05) is 0 Å². The third-order valence-electron chi connectivity index (χ3n) is 3.87. The molecule has 1 aliphatic carbocycles. The number of carboxylic acids is 1. The van der Waals surface area contributed by atoms with Crippen LogP contribution < -0.4 is 4.74 Å². The van der Waals surface area contributed by atoms with Crippen molar-refractivity contribution in [3.63, 3.8) is 0 Å². The molecular formula is C14H16ClFO3. The molecule has 0 heterocycles. The Morgan fingerprint density at radius 3 is 2.47 bits per heavy atom. The van der Waals surface area contributed by atoms with E-state index in [0.29, 0.717) is 18.4 Å². The van der Waals surface area contributed by atoms with Crippen molar-refractivity contribution in [2.45, 2.75) is 37.5 Å². The fourth-order valence-corrected chi connectivity index (χ4v) is 3.10. The van der Waals surface area contributed by atoms with Crippen LogP contribution in [0.1, 0.15) is 37.7 Å². The summed E-state index contributed by atoms with van der Waals surface area (Å²) < 4.78 is 18.8. The first-order valence-corrected chi connectivity index (χ1v) is 6.66. The number of hydrogen-bond donors (Lipinski definition) is 1. The number of hydrogen-bond acceptors (Lipinski definition) is 2. The minimum Gasteiger partial charge on any atom is -0.492 e. The Morgan fingerprint density at radius 1 is 1.37 bits per heavy atom. The van der Waals surface area contributed by atoms with E-state index in [1.165, 1.54) is 19.2 Å². The third-order valence-corrected chi connectivity index (χ3v) is 4.15. The average molecular weight is 287 g/mol. The molecule has 1 N–H and O–H groups in total. The van der Waals surface area contributed by atoms with E-state index in [2.05, 4.69) is 0 Å². The highest BCUT2D eigenvalue weighted by atomic mass is 35.5. The topological polar surface area (TPSA) is 46.5 Å². The van der Waals surface area contributed by atoms with Crippen molar-refractivity contribution < 1.29 is 19.0 Å². The van der Waals surface area contributed by atoms with Crippen LogP contribution in [0.3, 0.4) is 0 Å². The molecular weight excluding hydrogens is 271 g/mol. The molecule has 19 heavy (non-hydrogen) atoms. The summed E-state index contributed by atoms with van der Waals surface area (Å²) in [6.45, 7) is 0. The first-order chi connectivity index (χ1) is 9.01. The van der Waals surface area contributed by atoms with Crippen LogP contribution in [0.25, 0.3) is 0 Å². The van der Waals surface area contributed by atoms with Crippen molar-refractivity contribution in [2.75, 3.05) is 7.11 Å². The van der Waals surface area contributed by atoms with Crippen molar-refractivity contribution in [3.8, 4) is 5.75 Å². The molecule has 1 fully saturated rings. The summed E-state index contributed by atoms with van der Waals surface area (Å²) in [5, 5.41) is 9.67. The second kappa shape index (κ2) is 5.37. The highest BCUT2D eigenvalue weighted by molar-refractivity contribution is 6.32. The first kappa shape index (κ1) is 14.1. The van der Waals surface area contributed by atoms with Crippen LogP contribution in [0, 0.1) is 5.82 Å². The van der Waals surface area contributed by atoms with E-state index >= 15 is 0 Å². The second-order valence-corrected chi connectivity index (χ2v) is 5.33. The lowest BCUT2D eigenvalue weighted by Crippen LogP contribution is -2.37. The molecule has 0 aromatic heterocycles. The quantitative estimate of drug-likeness (QED) is 0.920. The molecule has 0 unspecified atom stereocenters. The van der Waals surface area contributed by atoms with Crippen molar-refractivity contribution >= 4 is 17.6 Å². The number of benzene rings is 1. The minimum atomic E-state index is -1.02. The number of carbonyl (C=O) groups is 1. The molecule has 5 heteroatoms. The average Bonchev–Trinajstić information content (AvgIpc) is 2.39. The highest BCUT2D eigenvalue weighted by Gasteiger charge is 2.42. The Kier molecular flexibility index (Phi) is 3.99. The van der Waals surface area contributed by atoms with Gasteiger partial charge in [0.15, 0.2) is 11.6 Å². The fraction of sp³-hybridized carbons (Fsp3) is 0.500. The molecule has 0 spiro atoms. The number of halogens is 2. The zero-order valence-corrected chi connectivity index (χ0v) is 11.5. The maximum atomic E-state index is 13.9. The zero-order valence-electron chi connectivity index (χ0n) is 10.7. The van der Waals surface area contributed by atoms with Crippen molar-refractivity contribution in [3.05, 3.63) is 28.5 Å². The smallest absolute Gasteiger partial charge is 0.314 e. The van der Waals surface area contributed by atoms with E-state index in [9.17, 15) is 14.3 Å². The number of ether oxygens (including phenoxy) is 1. The molecule has 0 radical (unpaired) electrons. The number of methoxy groups -OCH3 is 1. The summed E-state index contributed by atoms with van der Waals surface area (Å²) in [4.78, 5) is 11.7. The molecule has 1 aliphatic rings. The van der Waals surface area contributed by atoms with Gasteiger partial charge in [-0.25, -0.2) is 4.39 Å². The van der Waals surface area contributed by atoms with Crippen molar-refractivity contribution in [1.29, 1.82) is 0 Å². The van der Waals surface area contributed by atoms with Crippen LogP contribution in [0.4, 0.5) is 4.39 Å². The summed E-state index contributed by atoms with van der Waals surface area (Å²) >= 11 is 5.96. The predicted molar refractivity (Wildman–Crippen MR) is 70.4 cm³/mol. The molecule has 0 bridgehead atoms. The van der Waals surface area contributed by atoms with Crippen molar-refractivity contribution in [1.82, 2.24) is 0 Å². The van der Waals surface area contributed by atoms with Crippen LogP contribution in [0.5, 0.6) is 5.75 Å². The van der Waals surface area contributed by atoms with Gasteiger partial charge in [0.05, 0.1) is 17.5 Å². The Bertz CT molecular complexity index is 472. The molecule has 104 valence electrons. The zero-order chi connectivity index (χ0) is 14.0. The van der Waals surface area contributed by atoms with Gasteiger partial charge in [-0.3, -0.25) is 4.79 Å². The van der Waals surface area contributed by atoms with Gasteiger partial charge in [-0.1, -0.05) is 30.9 Å². The van der Waals surface area contributed by atoms with Crippen molar-refractivity contribution in [2.24, 2.45) is 0 Å². The Morgan fingerprint density at radius 2 is 2.00 bits per heavy atom.